The van der Waals surface area contributed by atoms with Gasteiger partial charge in [-0.05, 0) is 138 Å². The Morgan fingerprint density at radius 2 is 1.58 bits per heavy atom. The summed E-state index contributed by atoms with van der Waals surface area (Å²) in [4.78, 5) is 57.4. The summed E-state index contributed by atoms with van der Waals surface area (Å²) in [6.07, 6.45) is 5.24. The molecule has 3 aromatic rings. The summed E-state index contributed by atoms with van der Waals surface area (Å²) in [7, 11) is -3.12. The van der Waals surface area contributed by atoms with Gasteiger partial charge in [0, 0.05) is 37.3 Å². The lowest BCUT2D eigenvalue weighted by atomic mass is 9.91. The molecule has 0 unspecified atom stereocenters. The fraction of sp³-hybridized carbons (Fsp3) is 0.533. The second-order valence-electron chi connectivity index (χ2n) is 17.5. The number of anilines is 1. The third kappa shape index (κ3) is 14.6. The molecule has 328 valence electrons. The van der Waals surface area contributed by atoms with E-state index < -0.39 is 39.6 Å². The fourth-order valence-electron chi connectivity index (χ4n) is 6.84. The summed E-state index contributed by atoms with van der Waals surface area (Å²) in [5.41, 5.74) is 3.51. The number of sulfonamides is 1. The van der Waals surface area contributed by atoms with Crippen molar-refractivity contribution < 1.29 is 41.8 Å². The van der Waals surface area contributed by atoms with Crippen molar-refractivity contribution in [2.24, 2.45) is 5.41 Å². The van der Waals surface area contributed by atoms with Gasteiger partial charge >= 0.3 is 12.1 Å². The van der Waals surface area contributed by atoms with Crippen LogP contribution in [0.25, 0.3) is 0 Å². The predicted molar refractivity (Wildman–Crippen MR) is 231 cm³/mol. The Morgan fingerprint density at radius 3 is 2.22 bits per heavy atom. The van der Waals surface area contributed by atoms with E-state index >= 15 is 0 Å². The molecule has 0 radical (unpaired) electrons. The van der Waals surface area contributed by atoms with Crippen molar-refractivity contribution in [2.75, 3.05) is 38.3 Å². The van der Waals surface area contributed by atoms with E-state index in [9.17, 15) is 27.6 Å². The van der Waals surface area contributed by atoms with Crippen LogP contribution < -0.4 is 25.0 Å². The molecule has 1 aliphatic heterocycles. The minimum absolute atomic E-state index is 0.0220. The van der Waals surface area contributed by atoms with Crippen molar-refractivity contribution in [3.8, 4) is 5.75 Å². The first-order valence-electron chi connectivity index (χ1n) is 20.6. The molecule has 4 rings (SSSR count). The molecule has 15 heteroatoms. The number of aryl methyl sites for hydroxylation is 5. The van der Waals surface area contributed by atoms with Crippen LogP contribution in [0.4, 0.5) is 10.6 Å². The Balaban J connectivity index is 1.30. The van der Waals surface area contributed by atoms with Crippen LogP contribution in [0.2, 0.25) is 0 Å². The molecule has 0 saturated heterocycles. The minimum Gasteiger partial charge on any atom is -0.494 e. The fourth-order valence-corrected chi connectivity index (χ4v) is 8.48. The van der Waals surface area contributed by atoms with Gasteiger partial charge in [0.2, 0.25) is 15.9 Å². The van der Waals surface area contributed by atoms with E-state index in [1.54, 1.807) is 43.0 Å². The summed E-state index contributed by atoms with van der Waals surface area (Å²) in [6.45, 7) is 16.4. The van der Waals surface area contributed by atoms with Crippen LogP contribution >= 0.6 is 0 Å². The zero-order valence-corrected chi connectivity index (χ0v) is 37.5. The first-order chi connectivity index (χ1) is 28.2. The molecule has 2 aromatic carbocycles. The highest BCUT2D eigenvalue weighted by molar-refractivity contribution is 7.89. The van der Waals surface area contributed by atoms with Crippen molar-refractivity contribution in [3.05, 3.63) is 82.0 Å². The number of hydrogen-bond donors (Lipinski definition) is 3. The summed E-state index contributed by atoms with van der Waals surface area (Å²) >= 11 is 0. The monoisotopic (exact) mass is 849 g/mol. The number of pyridine rings is 1. The molecule has 0 fully saturated rings. The van der Waals surface area contributed by atoms with Crippen LogP contribution in [0.15, 0.2) is 53.4 Å². The minimum atomic E-state index is -4.26. The number of methoxy groups -OCH3 is 1. The first kappa shape index (κ1) is 47.7. The van der Waals surface area contributed by atoms with Crippen molar-refractivity contribution in [3.63, 3.8) is 0 Å². The summed E-state index contributed by atoms with van der Waals surface area (Å²) in [6, 6.07) is 12.7. The smallest absolute Gasteiger partial charge is 0.416 e. The van der Waals surface area contributed by atoms with Crippen molar-refractivity contribution in [1.82, 2.24) is 20.3 Å². The summed E-state index contributed by atoms with van der Waals surface area (Å²) in [5, 5.41) is 5.58. The number of rotatable bonds is 18. The van der Waals surface area contributed by atoms with E-state index in [2.05, 4.69) is 36.1 Å². The number of ether oxygens (including phenoxy) is 3. The topological polar surface area (TPSA) is 182 Å². The third-order valence-corrected chi connectivity index (χ3v) is 11.6. The molecule has 60 heavy (non-hydrogen) atoms. The highest BCUT2D eigenvalue weighted by atomic mass is 32.2. The summed E-state index contributed by atoms with van der Waals surface area (Å²) in [5.74, 6) is -0.315. The number of amides is 3. The largest absolute Gasteiger partial charge is 0.494 e. The Hall–Kier alpha value is -5.02. The lowest BCUT2D eigenvalue weighted by Gasteiger charge is -2.31. The van der Waals surface area contributed by atoms with Crippen LogP contribution in [-0.2, 0) is 48.3 Å². The second-order valence-corrected chi connectivity index (χ2v) is 19.1. The van der Waals surface area contributed by atoms with Gasteiger partial charge in [-0.15, -0.1) is 0 Å². The van der Waals surface area contributed by atoms with E-state index in [-0.39, 0.29) is 29.4 Å². The van der Waals surface area contributed by atoms with Crippen molar-refractivity contribution >= 4 is 39.7 Å². The summed E-state index contributed by atoms with van der Waals surface area (Å²) < 4.78 is 46.0. The zero-order valence-electron chi connectivity index (χ0n) is 36.7. The number of benzene rings is 2. The van der Waals surface area contributed by atoms with E-state index in [1.165, 1.54) is 0 Å². The van der Waals surface area contributed by atoms with Gasteiger partial charge in [-0.1, -0.05) is 39.0 Å². The number of hydrogen-bond acceptors (Lipinski definition) is 10. The molecule has 1 atom stereocenters. The zero-order chi connectivity index (χ0) is 44.3. The Kier molecular flexibility index (Phi) is 16.7. The Bertz CT molecular complexity index is 2070. The first-order valence-corrected chi connectivity index (χ1v) is 22.1. The molecule has 1 aromatic heterocycles. The molecule has 1 aliphatic rings. The predicted octanol–water partition coefficient (Wildman–Crippen LogP) is 6.52. The highest BCUT2D eigenvalue weighted by Gasteiger charge is 2.31. The maximum absolute atomic E-state index is 13.7. The van der Waals surface area contributed by atoms with Gasteiger partial charge in [0.1, 0.15) is 23.2 Å². The number of carbonyl (C=O) groups is 4. The molecule has 2 heterocycles. The molecule has 0 saturated carbocycles. The van der Waals surface area contributed by atoms with Crippen LogP contribution in [-0.4, -0.2) is 82.3 Å². The third-order valence-electron chi connectivity index (χ3n) is 9.79. The molecule has 3 amide bonds. The van der Waals surface area contributed by atoms with E-state index in [4.69, 9.17) is 19.2 Å². The molecule has 3 N–H and O–H groups in total. The van der Waals surface area contributed by atoms with Crippen LogP contribution in [0.5, 0.6) is 5.75 Å². The maximum atomic E-state index is 13.7. The van der Waals surface area contributed by atoms with E-state index in [0.29, 0.717) is 67.0 Å². The Morgan fingerprint density at radius 1 is 0.900 bits per heavy atom. The van der Waals surface area contributed by atoms with Gasteiger partial charge < -0.3 is 24.8 Å². The normalized spacial score (nSPS) is 13.5. The molecule has 14 nitrogen and oxygen atoms in total. The highest BCUT2D eigenvalue weighted by Crippen LogP contribution is 2.29. The van der Waals surface area contributed by atoms with Crippen LogP contribution in [0, 0.1) is 19.3 Å². The average molecular weight is 850 g/mol. The van der Waals surface area contributed by atoms with Crippen LogP contribution in [0.1, 0.15) is 112 Å². The van der Waals surface area contributed by atoms with Gasteiger partial charge in [-0.2, -0.15) is 4.72 Å². The number of fused-ring (bicyclic) bond motifs is 1. The lowest BCUT2D eigenvalue weighted by Crippen LogP contribution is -2.49. The SMILES string of the molecule is COC(=O)[C@H](CNC(=O)c1ccc(CCc2ccc3c(n2)N(C(=O)OC(C)(C)C)CCC3)cc1)NS(=O)(=O)c1c(C)cc(OCCCC(=O)NCCCC(C)(C)C)cc1C. The number of nitrogens with zero attached hydrogens (tertiary/aromatic N) is 2. The lowest BCUT2D eigenvalue weighted by molar-refractivity contribution is -0.142. The average Bonchev–Trinajstić information content (AvgIpc) is 3.17. The van der Waals surface area contributed by atoms with E-state index in [0.717, 1.165) is 49.6 Å². The number of nitrogens with one attached hydrogen (secondary N) is 3. The number of esters is 1. The molecular formula is C45H63N5O9S. The second kappa shape index (κ2) is 21.0. The van der Waals surface area contributed by atoms with Crippen molar-refractivity contribution in [1.29, 1.82) is 0 Å². The maximum Gasteiger partial charge on any atom is 0.416 e. The van der Waals surface area contributed by atoms with Gasteiger partial charge in [0.15, 0.2) is 0 Å². The van der Waals surface area contributed by atoms with Gasteiger partial charge in [-0.25, -0.2) is 18.2 Å². The van der Waals surface area contributed by atoms with Gasteiger partial charge in [0.25, 0.3) is 5.91 Å². The molecule has 0 bridgehead atoms. The van der Waals surface area contributed by atoms with Gasteiger partial charge in [-0.3, -0.25) is 19.3 Å². The van der Waals surface area contributed by atoms with Crippen LogP contribution in [0.3, 0.4) is 0 Å². The van der Waals surface area contributed by atoms with Gasteiger partial charge in [0.05, 0.1) is 18.6 Å². The Labute approximate surface area is 355 Å². The van der Waals surface area contributed by atoms with Crippen molar-refractivity contribution in [2.45, 2.75) is 123 Å². The molecule has 0 spiro atoms. The standard InChI is InChI=1S/C45H63N5O9S/c1-30-27-36(58-26-11-14-38(51)46-24-12-23-44(3,4)5)28-31(2)39(30)60(55,56)49-37(42(53)57-9)29-47-41(52)34-18-15-32(16-19-34)17-21-35-22-20-33-13-10-25-50(40(33)48-35)43(54)59-45(6,7)8/h15-16,18-20,22,27-28,37,49H,10-14,17,21,23-26,29H2,1-9H3,(H,46,51)(H,47,52)/t37-/m0/s1. The van der Waals surface area contributed by atoms with E-state index in [1.807, 2.05) is 45.0 Å². The quantitative estimate of drug-likeness (QED) is 0.0942. The molecular weight excluding hydrogens is 787 g/mol. The molecule has 0 aliphatic carbocycles. The number of carbonyl (C=O) groups excluding carboxylic acids is 4. The number of aromatic nitrogens is 1.